The predicted octanol–water partition coefficient (Wildman–Crippen LogP) is 1.23. The Morgan fingerprint density at radius 2 is 2.56 bits per heavy atom. The van der Waals surface area contributed by atoms with E-state index in [1.165, 1.54) is 0 Å². The molecule has 0 aliphatic carbocycles. The molecule has 3 heterocycles. The van der Waals surface area contributed by atoms with Gasteiger partial charge in [0.2, 0.25) is 0 Å². The molecule has 1 aliphatic rings. The second-order valence-electron chi connectivity index (χ2n) is 4.15. The van der Waals surface area contributed by atoms with Crippen molar-refractivity contribution in [2.45, 2.75) is 25.6 Å². The van der Waals surface area contributed by atoms with Crippen LogP contribution in [0.4, 0.5) is 0 Å². The number of hydrogen-bond donors (Lipinski definition) is 2. The SMILES string of the molecule is O=C(OCc1cccs1)C1Cc2nc[nH]c2CN1. The van der Waals surface area contributed by atoms with Crippen LogP contribution < -0.4 is 5.32 Å². The van der Waals surface area contributed by atoms with Crippen molar-refractivity contribution in [3.63, 3.8) is 0 Å². The summed E-state index contributed by atoms with van der Waals surface area (Å²) >= 11 is 1.59. The first-order valence-corrected chi connectivity index (χ1v) is 6.64. The number of esters is 1. The third-order valence-corrected chi connectivity index (χ3v) is 3.80. The number of fused-ring (bicyclic) bond motifs is 1. The molecular formula is C12H13N3O2S. The van der Waals surface area contributed by atoms with Crippen LogP contribution in [-0.2, 0) is 29.1 Å². The number of hydrogen-bond acceptors (Lipinski definition) is 5. The largest absolute Gasteiger partial charge is 0.459 e. The summed E-state index contributed by atoms with van der Waals surface area (Å²) in [5, 5.41) is 5.12. The summed E-state index contributed by atoms with van der Waals surface area (Å²) in [6.07, 6.45) is 2.24. The lowest BCUT2D eigenvalue weighted by Crippen LogP contribution is -2.42. The number of nitrogens with zero attached hydrogens (tertiary/aromatic N) is 1. The Labute approximate surface area is 108 Å². The number of ether oxygens (including phenoxy) is 1. The first-order chi connectivity index (χ1) is 8.83. The van der Waals surface area contributed by atoms with Crippen LogP contribution in [0.1, 0.15) is 16.3 Å². The topological polar surface area (TPSA) is 67.0 Å². The minimum absolute atomic E-state index is 0.211. The molecule has 0 fully saturated rings. The van der Waals surface area contributed by atoms with E-state index < -0.39 is 0 Å². The van der Waals surface area contributed by atoms with Crippen LogP contribution in [-0.4, -0.2) is 22.0 Å². The molecule has 94 valence electrons. The van der Waals surface area contributed by atoms with Gasteiger partial charge in [-0.1, -0.05) is 6.07 Å². The number of imidazole rings is 1. The molecule has 2 N–H and O–H groups in total. The maximum atomic E-state index is 11.9. The minimum Gasteiger partial charge on any atom is -0.459 e. The van der Waals surface area contributed by atoms with Gasteiger partial charge in [0.1, 0.15) is 12.6 Å². The number of rotatable bonds is 3. The Bertz CT molecular complexity index is 535. The molecule has 0 saturated heterocycles. The van der Waals surface area contributed by atoms with Gasteiger partial charge in [-0.2, -0.15) is 0 Å². The quantitative estimate of drug-likeness (QED) is 0.817. The molecule has 0 saturated carbocycles. The molecule has 6 heteroatoms. The molecule has 0 spiro atoms. The van der Waals surface area contributed by atoms with Crippen LogP contribution in [0.2, 0.25) is 0 Å². The summed E-state index contributed by atoms with van der Waals surface area (Å²) in [5.41, 5.74) is 2.00. The fraction of sp³-hybridized carbons (Fsp3) is 0.333. The molecule has 18 heavy (non-hydrogen) atoms. The molecular weight excluding hydrogens is 250 g/mol. The van der Waals surface area contributed by atoms with Crippen molar-refractivity contribution in [1.29, 1.82) is 0 Å². The Morgan fingerprint density at radius 1 is 1.61 bits per heavy atom. The molecule has 2 aromatic rings. The normalized spacial score (nSPS) is 18.3. The predicted molar refractivity (Wildman–Crippen MR) is 67.0 cm³/mol. The van der Waals surface area contributed by atoms with Crippen molar-refractivity contribution in [2.75, 3.05) is 0 Å². The van der Waals surface area contributed by atoms with Crippen LogP contribution in [0.5, 0.6) is 0 Å². The minimum atomic E-state index is -0.291. The molecule has 0 aromatic carbocycles. The van der Waals surface area contributed by atoms with E-state index in [4.69, 9.17) is 4.74 Å². The first kappa shape index (κ1) is 11.4. The Hall–Kier alpha value is -1.66. The number of nitrogens with one attached hydrogen (secondary N) is 2. The summed E-state index contributed by atoms with van der Waals surface area (Å²) in [6, 6.07) is 3.61. The highest BCUT2D eigenvalue weighted by atomic mass is 32.1. The number of aromatic nitrogens is 2. The highest BCUT2D eigenvalue weighted by Crippen LogP contribution is 2.14. The highest BCUT2D eigenvalue weighted by Gasteiger charge is 2.26. The Kier molecular flexibility index (Phi) is 3.12. The Morgan fingerprint density at radius 3 is 3.39 bits per heavy atom. The molecule has 1 unspecified atom stereocenters. The van der Waals surface area contributed by atoms with Gasteiger partial charge in [-0.3, -0.25) is 10.1 Å². The van der Waals surface area contributed by atoms with Crippen LogP contribution >= 0.6 is 11.3 Å². The summed E-state index contributed by atoms with van der Waals surface area (Å²) < 4.78 is 5.29. The number of thiophene rings is 1. The summed E-state index contributed by atoms with van der Waals surface area (Å²) in [7, 11) is 0. The van der Waals surface area contributed by atoms with Crippen LogP contribution in [0.3, 0.4) is 0 Å². The molecule has 3 rings (SSSR count). The van der Waals surface area contributed by atoms with Crippen molar-refractivity contribution in [1.82, 2.24) is 15.3 Å². The van der Waals surface area contributed by atoms with Crippen molar-refractivity contribution < 1.29 is 9.53 Å². The van der Waals surface area contributed by atoms with Crippen molar-refractivity contribution in [3.05, 3.63) is 40.1 Å². The Balaban J connectivity index is 1.57. The lowest BCUT2D eigenvalue weighted by Gasteiger charge is -2.21. The third-order valence-electron chi connectivity index (χ3n) is 2.95. The van der Waals surface area contributed by atoms with Crippen LogP contribution in [0.25, 0.3) is 0 Å². The van der Waals surface area contributed by atoms with E-state index in [0.29, 0.717) is 19.6 Å². The average Bonchev–Trinajstić information content (AvgIpc) is 3.05. The third kappa shape index (κ3) is 2.30. The summed E-state index contributed by atoms with van der Waals surface area (Å²) in [4.78, 5) is 20.2. The summed E-state index contributed by atoms with van der Waals surface area (Å²) in [6.45, 7) is 0.982. The van der Waals surface area contributed by atoms with Gasteiger partial charge in [-0.25, -0.2) is 4.98 Å². The van der Waals surface area contributed by atoms with Gasteiger partial charge < -0.3 is 9.72 Å². The number of aromatic amines is 1. The maximum absolute atomic E-state index is 11.9. The van der Waals surface area contributed by atoms with Gasteiger partial charge in [0.05, 0.1) is 17.7 Å². The van der Waals surface area contributed by atoms with E-state index >= 15 is 0 Å². The fourth-order valence-electron chi connectivity index (χ4n) is 1.97. The van der Waals surface area contributed by atoms with Gasteiger partial charge >= 0.3 is 5.97 Å². The number of carbonyl (C=O) groups excluding carboxylic acids is 1. The molecule has 2 aromatic heterocycles. The van der Waals surface area contributed by atoms with Gasteiger partial charge in [-0.05, 0) is 11.4 Å². The van der Waals surface area contributed by atoms with E-state index in [0.717, 1.165) is 16.3 Å². The van der Waals surface area contributed by atoms with Gasteiger partial charge in [0, 0.05) is 17.8 Å². The zero-order valence-electron chi connectivity index (χ0n) is 9.68. The van der Waals surface area contributed by atoms with Crippen molar-refractivity contribution in [2.24, 2.45) is 0 Å². The van der Waals surface area contributed by atoms with E-state index in [-0.39, 0.29) is 12.0 Å². The van der Waals surface area contributed by atoms with E-state index in [1.807, 2.05) is 17.5 Å². The zero-order chi connectivity index (χ0) is 12.4. The highest BCUT2D eigenvalue weighted by molar-refractivity contribution is 7.09. The van der Waals surface area contributed by atoms with Gasteiger partial charge in [-0.15, -0.1) is 11.3 Å². The number of carbonyl (C=O) groups is 1. The van der Waals surface area contributed by atoms with Crippen LogP contribution in [0.15, 0.2) is 23.8 Å². The van der Waals surface area contributed by atoms with Crippen LogP contribution in [0, 0.1) is 0 Å². The van der Waals surface area contributed by atoms with E-state index in [2.05, 4.69) is 15.3 Å². The molecule has 1 atom stereocenters. The maximum Gasteiger partial charge on any atom is 0.323 e. The molecule has 1 aliphatic heterocycles. The second kappa shape index (κ2) is 4.91. The van der Waals surface area contributed by atoms with Crippen molar-refractivity contribution >= 4 is 17.3 Å². The standard InChI is InChI=1S/C12H13N3O2S/c16-12(17-6-8-2-1-3-18-8)10-4-9-11(5-13-10)15-7-14-9/h1-3,7,10,13H,4-6H2,(H,14,15). The van der Waals surface area contributed by atoms with Gasteiger partial charge in [0.15, 0.2) is 0 Å². The zero-order valence-corrected chi connectivity index (χ0v) is 10.5. The van der Waals surface area contributed by atoms with Gasteiger partial charge in [0.25, 0.3) is 0 Å². The monoisotopic (exact) mass is 263 g/mol. The average molecular weight is 263 g/mol. The molecule has 0 amide bonds. The van der Waals surface area contributed by atoms with E-state index in [9.17, 15) is 4.79 Å². The lowest BCUT2D eigenvalue weighted by atomic mass is 10.1. The second-order valence-corrected chi connectivity index (χ2v) is 5.18. The fourth-order valence-corrected chi connectivity index (χ4v) is 2.59. The molecule has 0 radical (unpaired) electrons. The van der Waals surface area contributed by atoms with Crippen molar-refractivity contribution in [3.8, 4) is 0 Å². The summed E-state index contributed by atoms with van der Waals surface area (Å²) in [5.74, 6) is -0.211. The number of H-pyrrole nitrogens is 1. The van der Waals surface area contributed by atoms with E-state index in [1.54, 1.807) is 17.7 Å². The molecule has 5 nitrogen and oxygen atoms in total. The lowest BCUT2D eigenvalue weighted by molar-refractivity contribution is -0.147. The molecule has 0 bridgehead atoms. The first-order valence-electron chi connectivity index (χ1n) is 5.76. The smallest absolute Gasteiger partial charge is 0.323 e.